The highest BCUT2D eigenvalue weighted by molar-refractivity contribution is 5.18. The van der Waals surface area contributed by atoms with E-state index >= 15 is 0 Å². The second kappa shape index (κ2) is 2.34. The molecule has 66 valence electrons. The van der Waals surface area contributed by atoms with E-state index in [1.165, 1.54) is 37.7 Å². The monoisotopic (exact) mass is 166 g/mol. The molecule has 0 saturated heterocycles. The van der Waals surface area contributed by atoms with Crippen LogP contribution < -0.4 is 0 Å². The largest absolute Gasteiger partial charge is 0.216 e. The highest BCUT2D eigenvalue weighted by atomic mass is 19.1. The average molecular weight is 166 g/mol. The second-order valence-electron chi connectivity index (χ2n) is 4.91. The van der Waals surface area contributed by atoms with Gasteiger partial charge in [-0.15, -0.1) is 0 Å². The molecule has 0 N–H and O–H groups in total. The molecular weight excluding hydrogens is 151 g/mol. The van der Waals surface area contributed by atoms with Crippen LogP contribution in [-0.4, -0.2) is 0 Å². The van der Waals surface area contributed by atoms with E-state index in [-0.39, 0.29) is 0 Å². The molecule has 12 heavy (non-hydrogen) atoms. The maximum Gasteiger partial charge on any atom is 0.0864 e. The smallest absolute Gasteiger partial charge is 0.0864 e. The zero-order valence-corrected chi connectivity index (χ0v) is 7.30. The molecule has 0 nitrogen and oxygen atoms in total. The van der Waals surface area contributed by atoms with Crippen molar-refractivity contribution >= 4 is 0 Å². The molecule has 0 aromatic carbocycles. The van der Waals surface area contributed by atoms with Gasteiger partial charge >= 0.3 is 0 Å². The van der Waals surface area contributed by atoms with Crippen molar-refractivity contribution in [3.63, 3.8) is 0 Å². The van der Waals surface area contributed by atoms with Gasteiger partial charge in [0.05, 0.1) is 6.33 Å². The normalized spacial score (nSPS) is 49.9. The van der Waals surface area contributed by atoms with Gasteiger partial charge in [0.2, 0.25) is 0 Å². The number of hydrogen-bond acceptors (Lipinski definition) is 0. The lowest BCUT2D eigenvalue weighted by atomic mass is 9.54. The van der Waals surface area contributed by atoms with E-state index in [0.717, 1.165) is 18.2 Å². The summed E-state index contributed by atoms with van der Waals surface area (Å²) in [4.78, 5) is 0. The Hall–Kier alpha value is -0.330. The molecule has 4 fully saturated rings. The van der Waals surface area contributed by atoms with Crippen LogP contribution >= 0.6 is 0 Å². The van der Waals surface area contributed by atoms with Crippen LogP contribution in [0.25, 0.3) is 0 Å². The van der Waals surface area contributed by atoms with Crippen LogP contribution in [0.15, 0.2) is 11.9 Å². The third-order valence-corrected chi connectivity index (χ3v) is 4.21. The highest BCUT2D eigenvalue weighted by Gasteiger charge is 2.45. The summed E-state index contributed by atoms with van der Waals surface area (Å²) in [6.45, 7) is 0. The zero-order valence-electron chi connectivity index (χ0n) is 7.30. The highest BCUT2D eigenvalue weighted by Crippen LogP contribution is 2.56. The molecule has 0 amide bonds. The summed E-state index contributed by atoms with van der Waals surface area (Å²) in [6, 6.07) is 0. The third-order valence-electron chi connectivity index (χ3n) is 4.21. The van der Waals surface area contributed by atoms with Crippen molar-refractivity contribution < 1.29 is 4.39 Å². The fraction of sp³-hybridized carbons (Fsp3) is 0.818. The Kier molecular flexibility index (Phi) is 1.38. The first-order valence-corrected chi connectivity index (χ1v) is 5.17. The van der Waals surface area contributed by atoms with Gasteiger partial charge in [0, 0.05) is 0 Å². The fourth-order valence-electron chi connectivity index (χ4n) is 3.91. The average Bonchev–Trinajstić information content (AvgIpc) is 2.02. The quantitative estimate of drug-likeness (QED) is 0.518. The molecule has 0 aromatic rings. The molecule has 1 heteroatoms. The fourth-order valence-corrected chi connectivity index (χ4v) is 3.91. The Balaban J connectivity index is 1.95. The molecule has 0 radical (unpaired) electrons. The summed E-state index contributed by atoms with van der Waals surface area (Å²) >= 11 is 0. The van der Waals surface area contributed by atoms with E-state index in [2.05, 4.69) is 0 Å². The predicted molar refractivity (Wildman–Crippen MR) is 46.2 cm³/mol. The first-order chi connectivity index (χ1) is 5.86. The molecule has 0 atom stereocenters. The summed E-state index contributed by atoms with van der Waals surface area (Å²) in [5, 5.41) is 0. The van der Waals surface area contributed by atoms with Crippen molar-refractivity contribution in [3.05, 3.63) is 11.9 Å². The van der Waals surface area contributed by atoms with Crippen LogP contribution in [-0.2, 0) is 0 Å². The third kappa shape index (κ3) is 0.826. The van der Waals surface area contributed by atoms with Crippen molar-refractivity contribution in [2.24, 2.45) is 23.7 Å². The topological polar surface area (TPSA) is 0 Å². The van der Waals surface area contributed by atoms with Gasteiger partial charge < -0.3 is 0 Å². The standard InChI is InChI=1S/C11H15F/c12-6-11-9-2-7-1-8(4-9)5-10(11)3-7/h6-10H,1-5H2. The maximum atomic E-state index is 12.6. The molecule has 0 unspecified atom stereocenters. The minimum Gasteiger partial charge on any atom is -0.216 e. The van der Waals surface area contributed by atoms with Gasteiger partial charge in [0.1, 0.15) is 0 Å². The van der Waals surface area contributed by atoms with Crippen LogP contribution in [0.2, 0.25) is 0 Å². The Labute approximate surface area is 72.8 Å². The van der Waals surface area contributed by atoms with Gasteiger partial charge in [-0.05, 0) is 61.3 Å². The summed E-state index contributed by atoms with van der Waals surface area (Å²) in [5.41, 5.74) is 1.17. The van der Waals surface area contributed by atoms with E-state index in [9.17, 15) is 4.39 Å². The van der Waals surface area contributed by atoms with Crippen LogP contribution in [0, 0.1) is 23.7 Å². The molecule has 4 saturated carbocycles. The van der Waals surface area contributed by atoms with Crippen molar-refractivity contribution in [1.29, 1.82) is 0 Å². The van der Waals surface area contributed by atoms with Crippen LogP contribution in [0.5, 0.6) is 0 Å². The molecule has 0 aromatic heterocycles. The first kappa shape index (κ1) is 7.11. The van der Waals surface area contributed by atoms with Gasteiger partial charge in [-0.1, -0.05) is 0 Å². The molecule has 4 rings (SSSR count). The second-order valence-corrected chi connectivity index (χ2v) is 4.91. The van der Waals surface area contributed by atoms with Crippen molar-refractivity contribution in [3.8, 4) is 0 Å². The van der Waals surface area contributed by atoms with Crippen LogP contribution in [0.4, 0.5) is 4.39 Å². The molecule has 4 aliphatic carbocycles. The number of hydrogen-bond donors (Lipinski definition) is 0. The maximum absolute atomic E-state index is 12.6. The number of rotatable bonds is 0. The van der Waals surface area contributed by atoms with Crippen molar-refractivity contribution in [2.45, 2.75) is 32.1 Å². The summed E-state index contributed by atoms with van der Waals surface area (Å²) in [6.07, 6.45) is 7.55. The van der Waals surface area contributed by atoms with Gasteiger partial charge in [0.25, 0.3) is 0 Å². The Morgan fingerprint density at radius 1 is 0.917 bits per heavy atom. The van der Waals surface area contributed by atoms with E-state index in [0.29, 0.717) is 11.8 Å². The molecule has 0 spiro atoms. The van der Waals surface area contributed by atoms with E-state index in [1.54, 1.807) is 0 Å². The van der Waals surface area contributed by atoms with Gasteiger partial charge in [0.15, 0.2) is 0 Å². The summed E-state index contributed by atoms with van der Waals surface area (Å²) < 4.78 is 12.6. The first-order valence-electron chi connectivity index (χ1n) is 5.17. The van der Waals surface area contributed by atoms with Crippen molar-refractivity contribution in [1.82, 2.24) is 0 Å². The van der Waals surface area contributed by atoms with Crippen molar-refractivity contribution in [2.75, 3.05) is 0 Å². The lowest BCUT2D eigenvalue weighted by Crippen LogP contribution is -2.40. The van der Waals surface area contributed by atoms with Gasteiger partial charge in [-0.3, -0.25) is 0 Å². The Morgan fingerprint density at radius 3 is 1.83 bits per heavy atom. The van der Waals surface area contributed by atoms with Gasteiger partial charge in [-0.2, -0.15) is 0 Å². The molecule has 4 bridgehead atoms. The number of halogens is 1. The van der Waals surface area contributed by atoms with E-state index < -0.39 is 0 Å². The molecule has 4 aliphatic rings. The van der Waals surface area contributed by atoms with E-state index in [4.69, 9.17) is 0 Å². The van der Waals surface area contributed by atoms with Gasteiger partial charge in [-0.25, -0.2) is 4.39 Å². The van der Waals surface area contributed by atoms with Crippen LogP contribution in [0.3, 0.4) is 0 Å². The molecular formula is C11H15F. The minimum atomic E-state index is 0.645. The summed E-state index contributed by atoms with van der Waals surface area (Å²) in [7, 11) is 0. The van der Waals surface area contributed by atoms with E-state index in [1.807, 2.05) is 0 Å². The molecule has 0 aliphatic heterocycles. The Bertz CT molecular complexity index is 199. The Morgan fingerprint density at radius 2 is 1.42 bits per heavy atom. The SMILES string of the molecule is FC=C1C2CC3CC(C2)CC1C3. The lowest BCUT2D eigenvalue weighted by molar-refractivity contribution is 0.0680. The number of allylic oxidation sites excluding steroid dienone is 1. The lowest BCUT2D eigenvalue weighted by Gasteiger charge is -2.50. The predicted octanol–water partition coefficient (Wildman–Crippen LogP) is 3.30. The van der Waals surface area contributed by atoms with Crippen LogP contribution in [0.1, 0.15) is 32.1 Å². The summed E-state index contributed by atoms with van der Waals surface area (Å²) in [5.74, 6) is 3.20. The minimum absolute atomic E-state index is 0.645. The molecule has 0 heterocycles. The zero-order chi connectivity index (χ0) is 8.13.